The van der Waals surface area contributed by atoms with E-state index in [-0.39, 0.29) is 6.10 Å². The van der Waals surface area contributed by atoms with E-state index in [2.05, 4.69) is 19.9 Å². The molecule has 1 unspecified atom stereocenters. The lowest BCUT2D eigenvalue weighted by molar-refractivity contribution is 0.178. The fourth-order valence-corrected chi connectivity index (χ4v) is 3.61. The second-order valence-electron chi connectivity index (χ2n) is 6.35. The third kappa shape index (κ3) is 3.14. The zero-order valence-corrected chi connectivity index (χ0v) is 13.3. The van der Waals surface area contributed by atoms with Gasteiger partial charge < -0.3 is 9.64 Å². The molecule has 0 aromatic carbocycles. The Morgan fingerprint density at radius 1 is 1.13 bits per heavy atom. The third-order valence-electron chi connectivity index (χ3n) is 4.72. The summed E-state index contributed by atoms with van der Waals surface area (Å²) in [5, 5.41) is 0. The summed E-state index contributed by atoms with van der Waals surface area (Å²) in [5.74, 6) is 1.98. The number of nitrogens with zero attached hydrogens (tertiary/aromatic N) is 4. The molecule has 5 nitrogen and oxygen atoms in total. The lowest BCUT2D eigenvalue weighted by atomic mass is 9.95. The molecule has 1 atom stereocenters. The number of aryl methyl sites for hydroxylation is 1. The second kappa shape index (κ2) is 6.52. The van der Waals surface area contributed by atoms with Gasteiger partial charge in [-0.15, -0.1) is 0 Å². The minimum absolute atomic E-state index is 0.196. The van der Waals surface area contributed by atoms with Crippen molar-refractivity contribution in [1.82, 2.24) is 15.0 Å². The second-order valence-corrected chi connectivity index (χ2v) is 6.35. The Labute approximate surface area is 136 Å². The quantitative estimate of drug-likeness (QED) is 0.872. The summed E-state index contributed by atoms with van der Waals surface area (Å²) in [4.78, 5) is 15.6. The first-order chi connectivity index (χ1) is 11.4. The van der Waals surface area contributed by atoms with Crippen LogP contribution in [0.2, 0.25) is 0 Å². The van der Waals surface area contributed by atoms with Gasteiger partial charge in [-0.25, -0.2) is 9.97 Å². The summed E-state index contributed by atoms with van der Waals surface area (Å²) < 4.78 is 6.10. The molecule has 2 aromatic heterocycles. The highest BCUT2D eigenvalue weighted by Gasteiger charge is 2.26. The average Bonchev–Trinajstić information content (AvgIpc) is 2.62. The standard InChI is InChI=1S/C18H22N4O/c1-2-8-17-16(7-1)18(21-13-20-17)22-10-4-6-15(12-22)23-14-5-3-9-19-11-14/h3,5,9,11,13,15H,1-2,4,6-8,10,12H2. The zero-order chi connectivity index (χ0) is 15.5. The van der Waals surface area contributed by atoms with Gasteiger partial charge in [-0.2, -0.15) is 0 Å². The highest BCUT2D eigenvalue weighted by Crippen LogP contribution is 2.29. The van der Waals surface area contributed by atoms with E-state index in [1.165, 1.54) is 24.1 Å². The van der Waals surface area contributed by atoms with Gasteiger partial charge in [-0.05, 0) is 50.7 Å². The van der Waals surface area contributed by atoms with Gasteiger partial charge in [-0.3, -0.25) is 4.98 Å². The molecule has 1 fully saturated rings. The average molecular weight is 310 g/mol. The molecule has 120 valence electrons. The molecule has 0 N–H and O–H groups in total. The summed E-state index contributed by atoms with van der Waals surface area (Å²) in [7, 11) is 0. The first-order valence-electron chi connectivity index (χ1n) is 8.54. The van der Waals surface area contributed by atoms with Gasteiger partial charge in [0.1, 0.15) is 24.0 Å². The number of rotatable bonds is 3. The Kier molecular flexibility index (Phi) is 4.09. The van der Waals surface area contributed by atoms with Crippen LogP contribution in [0.5, 0.6) is 5.75 Å². The highest BCUT2D eigenvalue weighted by atomic mass is 16.5. The molecule has 0 radical (unpaired) electrons. The van der Waals surface area contributed by atoms with Crippen LogP contribution in [0.25, 0.3) is 0 Å². The Bertz CT molecular complexity index is 661. The van der Waals surface area contributed by atoms with Crippen molar-refractivity contribution in [1.29, 1.82) is 0 Å². The molecule has 0 amide bonds. The lowest BCUT2D eigenvalue weighted by Gasteiger charge is -2.35. The first-order valence-corrected chi connectivity index (χ1v) is 8.54. The van der Waals surface area contributed by atoms with E-state index < -0.39 is 0 Å². The van der Waals surface area contributed by atoms with Crippen LogP contribution in [0.1, 0.15) is 36.9 Å². The fraction of sp³-hybridized carbons (Fsp3) is 0.500. The van der Waals surface area contributed by atoms with Crippen molar-refractivity contribution < 1.29 is 4.74 Å². The Morgan fingerprint density at radius 3 is 3.00 bits per heavy atom. The molecule has 1 aliphatic carbocycles. The van der Waals surface area contributed by atoms with E-state index in [0.717, 1.165) is 50.3 Å². The van der Waals surface area contributed by atoms with Crippen LogP contribution in [0.3, 0.4) is 0 Å². The van der Waals surface area contributed by atoms with Gasteiger partial charge in [0, 0.05) is 24.0 Å². The molecular formula is C18H22N4O. The van der Waals surface area contributed by atoms with E-state index in [9.17, 15) is 0 Å². The van der Waals surface area contributed by atoms with Gasteiger partial charge in [0.2, 0.25) is 0 Å². The predicted molar refractivity (Wildman–Crippen MR) is 88.8 cm³/mol. The molecule has 23 heavy (non-hydrogen) atoms. The summed E-state index contributed by atoms with van der Waals surface area (Å²) in [5.41, 5.74) is 2.61. The fourth-order valence-electron chi connectivity index (χ4n) is 3.61. The maximum atomic E-state index is 6.10. The van der Waals surface area contributed by atoms with Gasteiger partial charge in [0.05, 0.1) is 12.7 Å². The van der Waals surface area contributed by atoms with Crippen LogP contribution in [-0.4, -0.2) is 34.1 Å². The molecular weight excluding hydrogens is 288 g/mol. The number of fused-ring (bicyclic) bond motifs is 1. The van der Waals surface area contributed by atoms with Gasteiger partial charge in [0.25, 0.3) is 0 Å². The van der Waals surface area contributed by atoms with E-state index in [0.29, 0.717) is 0 Å². The number of aromatic nitrogens is 3. The Morgan fingerprint density at radius 2 is 2.09 bits per heavy atom. The molecule has 1 aliphatic heterocycles. The Hall–Kier alpha value is -2.17. The van der Waals surface area contributed by atoms with Crippen LogP contribution in [0, 0.1) is 0 Å². The first kappa shape index (κ1) is 14.4. The SMILES string of the molecule is c1cncc(OC2CCCN(c3ncnc4c3CCCC4)C2)c1. The number of piperidine rings is 1. The number of ether oxygens (including phenoxy) is 1. The molecule has 3 heterocycles. The molecule has 1 saturated heterocycles. The van der Waals surface area contributed by atoms with E-state index in [1.807, 2.05) is 12.1 Å². The molecule has 2 aliphatic rings. The lowest BCUT2D eigenvalue weighted by Crippen LogP contribution is -2.42. The number of hydrogen-bond acceptors (Lipinski definition) is 5. The summed E-state index contributed by atoms with van der Waals surface area (Å²) in [6.07, 6.45) is 12.4. The van der Waals surface area contributed by atoms with E-state index in [4.69, 9.17) is 4.74 Å². The maximum Gasteiger partial charge on any atom is 0.138 e. The van der Waals surface area contributed by atoms with Crippen LogP contribution >= 0.6 is 0 Å². The van der Waals surface area contributed by atoms with Gasteiger partial charge in [-0.1, -0.05) is 0 Å². The minimum atomic E-state index is 0.196. The largest absolute Gasteiger partial charge is 0.487 e. The number of pyridine rings is 1. The number of anilines is 1. The van der Waals surface area contributed by atoms with Crippen LogP contribution in [0.4, 0.5) is 5.82 Å². The molecule has 4 rings (SSSR count). The van der Waals surface area contributed by atoms with Crippen molar-refractivity contribution in [2.45, 2.75) is 44.6 Å². The van der Waals surface area contributed by atoms with Crippen molar-refractivity contribution in [3.05, 3.63) is 42.1 Å². The monoisotopic (exact) mass is 310 g/mol. The van der Waals surface area contributed by atoms with Crippen LogP contribution in [-0.2, 0) is 12.8 Å². The summed E-state index contributed by atoms with van der Waals surface area (Å²) >= 11 is 0. The topological polar surface area (TPSA) is 51.1 Å². The molecule has 0 saturated carbocycles. The minimum Gasteiger partial charge on any atom is -0.487 e. The smallest absolute Gasteiger partial charge is 0.138 e. The van der Waals surface area contributed by atoms with Crippen LogP contribution in [0.15, 0.2) is 30.9 Å². The number of hydrogen-bond donors (Lipinski definition) is 0. The summed E-state index contributed by atoms with van der Waals surface area (Å²) in [6, 6.07) is 3.88. The van der Waals surface area contributed by atoms with Crippen molar-refractivity contribution >= 4 is 5.82 Å². The molecule has 0 bridgehead atoms. The van der Waals surface area contributed by atoms with Crippen LogP contribution < -0.4 is 9.64 Å². The molecule has 2 aromatic rings. The van der Waals surface area contributed by atoms with Gasteiger partial charge >= 0.3 is 0 Å². The summed E-state index contributed by atoms with van der Waals surface area (Å²) in [6.45, 7) is 1.94. The van der Waals surface area contributed by atoms with E-state index in [1.54, 1.807) is 18.7 Å². The normalized spacial score (nSPS) is 20.9. The van der Waals surface area contributed by atoms with Crippen molar-refractivity contribution in [2.24, 2.45) is 0 Å². The molecule has 5 heteroatoms. The van der Waals surface area contributed by atoms with Gasteiger partial charge in [0.15, 0.2) is 0 Å². The van der Waals surface area contributed by atoms with Crippen molar-refractivity contribution in [3.63, 3.8) is 0 Å². The zero-order valence-electron chi connectivity index (χ0n) is 13.3. The Balaban J connectivity index is 1.51. The maximum absolute atomic E-state index is 6.10. The van der Waals surface area contributed by atoms with Crippen molar-refractivity contribution in [3.8, 4) is 5.75 Å². The van der Waals surface area contributed by atoms with Crippen molar-refractivity contribution in [2.75, 3.05) is 18.0 Å². The predicted octanol–water partition coefficient (Wildman–Crippen LogP) is 2.80. The highest BCUT2D eigenvalue weighted by molar-refractivity contribution is 5.50. The third-order valence-corrected chi connectivity index (χ3v) is 4.72. The molecule has 0 spiro atoms. The van der Waals surface area contributed by atoms with E-state index >= 15 is 0 Å².